The molecule has 0 radical (unpaired) electrons. The predicted octanol–water partition coefficient (Wildman–Crippen LogP) is 1.01. The Labute approximate surface area is 141 Å². The fourth-order valence-corrected chi connectivity index (χ4v) is 3.19. The number of fused-ring (bicyclic) bond motifs is 1. The van der Waals surface area contributed by atoms with Crippen LogP contribution in [0, 0.1) is 5.92 Å². The maximum Gasteiger partial charge on any atom is 0.224 e. The number of amides is 1. The SMILES string of the molecule is CCc1cc(N2CCCC(C(=O)NCCCO)C2)n2nccc2n1. The number of hydrogen-bond acceptors (Lipinski definition) is 5. The first-order valence-corrected chi connectivity index (χ1v) is 8.70. The molecule has 1 aliphatic heterocycles. The first-order chi connectivity index (χ1) is 11.7. The Balaban J connectivity index is 1.77. The van der Waals surface area contributed by atoms with E-state index in [-0.39, 0.29) is 18.4 Å². The van der Waals surface area contributed by atoms with Crippen molar-refractivity contribution in [1.29, 1.82) is 0 Å². The molecule has 7 nitrogen and oxygen atoms in total. The van der Waals surface area contributed by atoms with Crippen molar-refractivity contribution in [2.45, 2.75) is 32.6 Å². The predicted molar refractivity (Wildman–Crippen MR) is 92.0 cm³/mol. The lowest BCUT2D eigenvalue weighted by molar-refractivity contribution is -0.125. The van der Waals surface area contributed by atoms with Gasteiger partial charge >= 0.3 is 0 Å². The number of nitrogens with zero attached hydrogens (tertiary/aromatic N) is 4. The van der Waals surface area contributed by atoms with E-state index in [1.54, 1.807) is 6.20 Å². The third-order valence-electron chi connectivity index (χ3n) is 4.51. The van der Waals surface area contributed by atoms with Crippen molar-refractivity contribution in [1.82, 2.24) is 19.9 Å². The average Bonchev–Trinajstić information content (AvgIpc) is 3.09. The van der Waals surface area contributed by atoms with E-state index in [1.165, 1.54) is 0 Å². The maximum atomic E-state index is 12.3. The summed E-state index contributed by atoms with van der Waals surface area (Å²) in [6.07, 6.45) is 5.10. The van der Waals surface area contributed by atoms with Gasteiger partial charge in [0.05, 0.1) is 12.1 Å². The van der Waals surface area contributed by atoms with Crippen LogP contribution in [0.2, 0.25) is 0 Å². The number of carbonyl (C=O) groups is 1. The number of anilines is 1. The number of aliphatic hydroxyl groups is 1. The molecule has 24 heavy (non-hydrogen) atoms. The molecule has 1 fully saturated rings. The van der Waals surface area contributed by atoms with Crippen molar-refractivity contribution in [3.63, 3.8) is 0 Å². The van der Waals surface area contributed by atoms with E-state index in [0.717, 1.165) is 43.0 Å². The minimum Gasteiger partial charge on any atom is -0.396 e. The van der Waals surface area contributed by atoms with E-state index in [0.29, 0.717) is 19.5 Å². The number of aryl methyl sites for hydroxylation is 1. The number of piperidine rings is 1. The lowest BCUT2D eigenvalue weighted by atomic mass is 9.97. The molecule has 130 valence electrons. The van der Waals surface area contributed by atoms with Crippen molar-refractivity contribution in [3.05, 3.63) is 24.0 Å². The molecule has 0 saturated carbocycles. The quantitative estimate of drug-likeness (QED) is 0.772. The van der Waals surface area contributed by atoms with E-state index in [2.05, 4.69) is 33.3 Å². The molecule has 1 saturated heterocycles. The zero-order chi connectivity index (χ0) is 16.9. The highest BCUT2D eigenvalue weighted by Crippen LogP contribution is 2.24. The molecule has 0 spiro atoms. The molecule has 1 amide bonds. The van der Waals surface area contributed by atoms with Crippen molar-refractivity contribution in [2.75, 3.05) is 31.1 Å². The van der Waals surface area contributed by atoms with E-state index in [9.17, 15) is 4.79 Å². The normalized spacial score (nSPS) is 18.1. The monoisotopic (exact) mass is 331 g/mol. The van der Waals surface area contributed by atoms with Crippen LogP contribution in [0.4, 0.5) is 5.82 Å². The molecule has 1 unspecified atom stereocenters. The van der Waals surface area contributed by atoms with E-state index < -0.39 is 0 Å². The van der Waals surface area contributed by atoms with Crippen LogP contribution >= 0.6 is 0 Å². The van der Waals surface area contributed by atoms with Crippen molar-refractivity contribution >= 4 is 17.4 Å². The van der Waals surface area contributed by atoms with Crippen LogP contribution in [0.15, 0.2) is 18.3 Å². The number of rotatable bonds is 6. The molecule has 3 heterocycles. The van der Waals surface area contributed by atoms with Gasteiger partial charge in [0.2, 0.25) is 5.91 Å². The highest BCUT2D eigenvalue weighted by molar-refractivity contribution is 5.79. The first-order valence-electron chi connectivity index (χ1n) is 8.70. The van der Waals surface area contributed by atoms with Crippen LogP contribution in [0.1, 0.15) is 31.9 Å². The van der Waals surface area contributed by atoms with Gasteiger partial charge in [-0.3, -0.25) is 4.79 Å². The molecular weight excluding hydrogens is 306 g/mol. The van der Waals surface area contributed by atoms with Gasteiger partial charge < -0.3 is 15.3 Å². The van der Waals surface area contributed by atoms with Crippen LogP contribution < -0.4 is 10.2 Å². The number of carbonyl (C=O) groups excluding carboxylic acids is 1. The Morgan fingerprint density at radius 2 is 2.38 bits per heavy atom. The zero-order valence-corrected chi connectivity index (χ0v) is 14.1. The summed E-state index contributed by atoms with van der Waals surface area (Å²) in [5, 5.41) is 16.1. The summed E-state index contributed by atoms with van der Waals surface area (Å²) < 4.78 is 1.85. The van der Waals surface area contributed by atoms with Gasteiger partial charge in [-0.25, -0.2) is 4.98 Å². The molecule has 1 atom stereocenters. The fraction of sp³-hybridized carbons (Fsp3) is 0.588. The Hall–Kier alpha value is -2.15. The van der Waals surface area contributed by atoms with Crippen molar-refractivity contribution < 1.29 is 9.90 Å². The van der Waals surface area contributed by atoms with Gasteiger partial charge in [0.1, 0.15) is 5.82 Å². The number of nitrogens with one attached hydrogen (secondary N) is 1. The van der Waals surface area contributed by atoms with E-state index in [4.69, 9.17) is 5.11 Å². The Kier molecular flexibility index (Phi) is 5.30. The van der Waals surface area contributed by atoms with Gasteiger partial charge in [0, 0.05) is 44.1 Å². The van der Waals surface area contributed by atoms with Gasteiger partial charge in [-0.05, 0) is 25.7 Å². The second kappa shape index (κ2) is 7.61. The Bertz CT molecular complexity index is 699. The highest BCUT2D eigenvalue weighted by atomic mass is 16.3. The minimum absolute atomic E-state index is 0.0266. The lowest BCUT2D eigenvalue weighted by Crippen LogP contribution is -2.44. The van der Waals surface area contributed by atoms with Crippen molar-refractivity contribution in [3.8, 4) is 0 Å². The average molecular weight is 331 g/mol. The van der Waals surface area contributed by atoms with E-state index in [1.807, 2.05) is 10.6 Å². The molecule has 2 N–H and O–H groups in total. The number of aliphatic hydroxyl groups excluding tert-OH is 1. The topological polar surface area (TPSA) is 82.8 Å². The molecule has 2 aromatic rings. The highest BCUT2D eigenvalue weighted by Gasteiger charge is 2.27. The molecule has 0 aliphatic carbocycles. The Morgan fingerprint density at radius 3 is 3.17 bits per heavy atom. The summed E-state index contributed by atoms with van der Waals surface area (Å²) in [6.45, 7) is 4.33. The third kappa shape index (κ3) is 3.51. The molecule has 3 rings (SSSR count). The second-order valence-corrected chi connectivity index (χ2v) is 6.21. The van der Waals surface area contributed by atoms with Crippen LogP contribution in [0.3, 0.4) is 0 Å². The molecule has 7 heteroatoms. The van der Waals surface area contributed by atoms with Crippen LogP contribution in [0.25, 0.3) is 5.65 Å². The zero-order valence-electron chi connectivity index (χ0n) is 14.1. The molecular formula is C17H25N5O2. The molecule has 0 bridgehead atoms. The smallest absolute Gasteiger partial charge is 0.224 e. The Morgan fingerprint density at radius 1 is 1.50 bits per heavy atom. The standard InChI is InChI=1S/C17H25N5O2/c1-2-14-11-16(22-15(20-14)6-8-19-22)21-9-3-5-13(12-21)17(24)18-7-4-10-23/h6,8,11,13,23H,2-5,7,9-10,12H2,1H3,(H,18,24). The summed E-state index contributed by atoms with van der Waals surface area (Å²) in [4.78, 5) is 19.2. The van der Waals surface area contributed by atoms with Gasteiger partial charge in [-0.1, -0.05) is 6.92 Å². The summed E-state index contributed by atoms with van der Waals surface area (Å²) >= 11 is 0. The third-order valence-corrected chi connectivity index (χ3v) is 4.51. The summed E-state index contributed by atoms with van der Waals surface area (Å²) in [5.74, 6) is 1.06. The van der Waals surface area contributed by atoms with Crippen LogP contribution in [0.5, 0.6) is 0 Å². The molecule has 2 aromatic heterocycles. The van der Waals surface area contributed by atoms with E-state index >= 15 is 0 Å². The number of hydrogen-bond donors (Lipinski definition) is 2. The van der Waals surface area contributed by atoms with Gasteiger partial charge in [0.25, 0.3) is 0 Å². The minimum atomic E-state index is -0.0266. The second-order valence-electron chi connectivity index (χ2n) is 6.21. The fourth-order valence-electron chi connectivity index (χ4n) is 3.19. The van der Waals surface area contributed by atoms with Crippen LogP contribution in [-0.4, -0.2) is 51.9 Å². The maximum absolute atomic E-state index is 12.3. The lowest BCUT2D eigenvalue weighted by Gasteiger charge is -2.33. The molecule has 1 aliphatic rings. The summed E-state index contributed by atoms with van der Waals surface area (Å²) in [5.41, 5.74) is 1.88. The van der Waals surface area contributed by atoms with Crippen molar-refractivity contribution in [2.24, 2.45) is 5.92 Å². The largest absolute Gasteiger partial charge is 0.396 e. The molecule has 0 aromatic carbocycles. The van der Waals surface area contributed by atoms with Gasteiger partial charge in [-0.15, -0.1) is 0 Å². The first kappa shape index (κ1) is 16.7. The van der Waals surface area contributed by atoms with Gasteiger partial charge in [-0.2, -0.15) is 9.61 Å². The van der Waals surface area contributed by atoms with Gasteiger partial charge in [0.15, 0.2) is 5.65 Å². The van der Waals surface area contributed by atoms with Crippen LogP contribution in [-0.2, 0) is 11.2 Å². The summed E-state index contributed by atoms with van der Waals surface area (Å²) in [6, 6.07) is 3.98. The number of aromatic nitrogens is 3. The summed E-state index contributed by atoms with van der Waals surface area (Å²) in [7, 11) is 0.